The van der Waals surface area contributed by atoms with Crippen molar-refractivity contribution in [2.45, 2.75) is 19.8 Å². The van der Waals surface area contributed by atoms with Crippen LogP contribution in [-0.2, 0) is 0 Å². The number of halogens is 3. The van der Waals surface area contributed by atoms with Gasteiger partial charge in [0.05, 0.1) is 15.8 Å². The highest BCUT2D eigenvalue weighted by Crippen LogP contribution is 2.29. The van der Waals surface area contributed by atoms with Crippen molar-refractivity contribution in [3.63, 3.8) is 0 Å². The molecule has 0 bridgehead atoms. The molecule has 0 saturated heterocycles. The highest BCUT2D eigenvalue weighted by molar-refractivity contribution is 6.42. The van der Waals surface area contributed by atoms with Crippen LogP contribution in [0.15, 0.2) is 22.8 Å². The van der Waals surface area contributed by atoms with Crippen molar-refractivity contribution in [2.24, 2.45) is 5.10 Å². The number of pyridine rings is 1. The fraction of sp³-hybridized carbons (Fsp3) is 0.273. The number of nitrogens with zero attached hydrogens (tertiary/aromatic N) is 2. The van der Waals surface area contributed by atoms with Gasteiger partial charge in [0.1, 0.15) is 5.15 Å². The lowest BCUT2D eigenvalue weighted by Gasteiger charge is -2.04. The minimum absolute atomic E-state index is 0.205. The molecule has 0 aromatic carbocycles. The Kier molecular flexibility index (Phi) is 3.92. The first kappa shape index (κ1) is 12.7. The number of hydrogen-bond donors (Lipinski definition) is 1. The minimum Gasteiger partial charge on any atom is -0.260 e. The lowest BCUT2D eigenvalue weighted by Crippen LogP contribution is -1.98. The van der Waals surface area contributed by atoms with E-state index in [1.807, 2.05) is 6.08 Å². The Morgan fingerprint density at radius 1 is 1.24 bits per heavy atom. The van der Waals surface area contributed by atoms with E-state index in [1.54, 1.807) is 0 Å². The van der Waals surface area contributed by atoms with Gasteiger partial charge in [-0.15, -0.1) is 0 Å². The van der Waals surface area contributed by atoms with E-state index in [-0.39, 0.29) is 5.15 Å². The van der Waals surface area contributed by atoms with Gasteiger partial charge >= 0.3 is 0 Å². The molecule has 0 unspecified atom stereocenters. The summed E-state index contributed by atoms with van der Waals surface area (Å²) in [5.41, 5.74) is 5.10. The van der Waals surface area contributed by atoms with E-state index in [1.165, 1.54) is 11.6 Å². The van der Waals surface area contributed by atoms with Gasteiger partial charge in [0.25, 0.3) is 0 Å². The Balaban J connectivity index is 2.17. The summed E-state index contributed by atoms with van der Waals surface area (Å²) in [6, 6.07) is 1.54. The number of hydrazone groups is 1. The van der Waals surface area contributed by atoms with Gasteiger partial charge in [0, 0.05) is 0 Å². The van der Waals surface area contributed by atoms with Gasteiger partial charge in [0.2, 0.25) is 0 Å². The third-order valence-corrected chi connectivity index (χ3v) is 3.34. The second kappa shape index (κ2) is 5.25. The highest BCUT2D eigenvalue weighted by atomic mass is 35.5. The predicted molar refractivity (Wildman–Crippen MR) is 73.3 cm³/mol. The Morgan fingerprint density at radius 3 is 2.65 bits per heavy atom. The summed E-state index contributed by atoms with van der Waals surface area (Å²) < 4.78 is 0. The molecular weight excluding hydrogens is 281 g/mol. The zero-order chi connectivity index (χ0) is 12.4. The zero-order valence-electron chi connectivity index (χ0n) is 9.10. The van der Waals surface area contributed by atoms with Crippen molar-refractivity contribution in [3.05, 3.63) is 32.9 Å². The van der Waals surface area contributed by atoms with Gasteiger partial charge in [-0.25, -0.2) is 4.98 Å². The van der Waals surface area contributed by atoms with Crippen LogP contribution in [0.4, 0.5) is 5.82 Å². The van der Waals surface area contributed by atoms with Gasteiger partial charge in [-0.1, -0.05) is 40.4 Å². The average molecular weight is 291 g/mol. The maximum absolute atomic E-state index is 5.96. The monoisotopic (exact) mass is 289 g/mol. The van der Waals surface area contributed by atoms with Crippen molar-refractivity contribution >= 4 is 46.3 Å². The van der Waals surface area contributed by atoms with Crippen molar-refractivity contribution in [2.75, 3.05) is 5.43 Å². The molecule has 0 radical (unpaired) electrons. The van der Waals surface area contributed by atoms with Gasteiger partial charge in [0.15, 0.2) is 5.82 Å². The number of aromatic nitrogens is 1. The van der Waals surface area contributed by atoms with Crippen LogP contribution in [0.2, 0.25) is 15.2 Å². The first-order valence-electron chi connectivity index (χ1n) is 5.07. The molecule has 0 saturated carbocycles. The van der Waals surface area contributed by atoms with E-state index in [2.05, 4.69) is 22.4 Å². The average Bonchev–Trinajstić information content (AvgIpc) is 2.68. The summed E-state index contributed by atoms with van der Waals surface area (Å²) in [6.07, 6.45) is 4.01. The molecule has 90 valence electrons. The van der Waals surface area contributed by atoms with E-state index < -0.39 is 0 Å². The number of nitrogens with one attached hydrogen (secondary N) is 1. The molecule has 0 amide bonds. The molecule has 1 aromatic rings. The first-order valence-corrected chi connectivity index (χ1v) is 6.21. The molecule has 1 N–H and O–H groups in total. The van der Waals surface area contributed by atoms with Gasteiger partial charge in [-0.3, -0.25) is 5.43 Å². The quantitative estimate of drug-likeness (QED) is 0.641. The number of allylic oxidation sites excluding steroid dienone is 2. The summed E-state index contributed by atoms with van der Waals surface area (Å²) in [5.74, 6) is 0.409. The van der Waals surface area contributed by atoms with Crippen LogP contribution in [0.3, 0.4) is 0 Å². The van der Waals surface area contributed by atoms with Crippen molar-refractivity contribution in [3.8, 4) is 0 Å². The summed E-state index contributed by atoms with van der Waals surface area (Å²) in [6.45, 7) is 2.08. The maximum atomic E-state index is 5.96. The molecule has 3 nitrogen and oxygen atoms in total. The molecular formula is C11H10Cl3N3. The van der Waals surface area contributed by atoms with Crippen LogP contribution in [0.1, 0.15) is 19.8 Å². The van der Waals surface area contributed by atoms with E-state index in [4.69, 9.17) is 34.8 Å². The standard InChI is InChI=1S/C11H10Cl3N3/c1-6-2-3-7(4-6)16-17-11-9(13)5-8(12)10(14)15-11/h4-5H,2-3H2,1H3,(H,15,17)/b16-7+. The summed E-state index contributed by atoms with van der Waals surface area (Å²) >= 11 is 17.5. The fourth-order valence-electron chi connectivity index (χ4n) is 1.49. The molecule has 1 heterocycles. The normalized spacial score (nSPS) is 17.4. The number of anilines is 1. The Labute approximate surface area is 114 Å². The molecule has 1 aromatic heterocycles. The van der Waals surface area contributed by atoms with Crippen molar-refractivity contribution in [1.29, 1.82) is 0 Å². The van der Waals surface area contributed by atoms with Crippen molar-refractivity contribution in [1.82, 2.24) is 4.98 Å². The molecule has 1 aliphatic carbocycles. The second-order valence-corrected chi connectivity index (χ2v) is 4.97. The second-order valence-electron chi connectivity index (χ2n) is 3.80. The molecule has 0 aliphatic heterocycles. The van der Waals surface area contributed by atoms with E-state index >= 15 is 0 Å². The Bertz CT molecular complexity index is 509. The van der Waals surface area contributed by atoms with Crippen LogP contribution in [0.5, 0.6) is 0 Å². The molecule has 6 heteroatoms. The lowest BCUT2D eigenvalue weighted by atomic mass is 10.3. The molecule has 2 rings (SSSR count). The molecule has 17 heavy (non-hydrogen) atoms. The Hall–Kier alpha value is -0.770. The zero-order valence-corrected chi connectivity index (χ0v) is 11.4. The molecule has 0 spiro atoms. The van der Waals surface area contributed by atoms with Gasteiger partial charge in [-0.05, 0) is 31.9 Å². The van der Waals surface area contributed by atoms with Crippen LogP contribution in [0, 0.1) is 0 Å². The maximum Gasteiger partial charge on any atom is 0.166 e. The summed E-state index contributed by atoms with van der Waals surface area (Å²) in [5, 5.41) is 5.14. The van der Waals surface area contributed by atoms with Crippen LogP contribution in [0.25, 0.3) is 0 Å². The Morgan fingerprint density at radius 2 is 2.00 bits per heavy atom. The largest absolute Gasteiger partial charge is 0.260 e. The lowest BCUT2D eigenvalue weighted by molar-refractivity contribution is 1.05. The van der Waals surface area contributed by atoms with E-state index in [0.29, 0.717) is 15.9 Å². The fourth-order valence-corrected chi connectivity index (χ4v) is 2.03. The third kappa shape index (κ3) is 3.12. The molecule has 0 atom stereocenters. The van der Waals surface area contributed by atoms with Gasteiger partial charge in [-0.2, -0.15) is 5.10 Å². The predicted octanol–water partition coefficient (Wildman–Crippen LogP) is 4.55. The first-order chi connectivity index (χ1) is 8.06. The number of rotatable bonds is 2. The smallest absolute Gasteiger partial charge is 0.166 e. The highest BCUT2D eigenvalue weighted by Gasteiger charge is 2.09. The minimum atomic E-state index is 0.205. The summed E-state index contributed by atoms with van der Waals surface area (Å²) in [7, 11) is 0. The van der Waals surface area contributed by atoms with Crippen molar-refractivity contribution < 1.29 is 0 Å². The third-order valence-electron chi connectivity index (χ3n) is 2.38. The molecule has 1 aliphatic rings. The van der Waals surface area contributed by atoms with E-state index in [0.717, 1.165) is 18.6 Å². The topological polar surface area (TPSA) is 37.3 Å². The van der Waals surface area contributed by atoms with E-state index in [9.17, 15) is 0 Å². The molecule has 0 fully saturated rings. The van der Waals surface area contributed by atoms with Crippen LogP contribution in [-0.4, -0.2) is 10.7 Å². The summed E-state index contributed by atoms with van der Waals surface area (Å²) in [4.78, 5) is 4.01. The van der Waals surface area contributed by atoms with Gasteiger partial charge < -0.3 is 0 Å². The van der Waals surface area contributed by atoms with Crippen LogP contribution < -0.4 is 5.43 Å². The van der Waals surface area contributed by atoms with Crippen LogP contribution >= 0.6 is 34.8 Å². The number of hydrogen-bond acceptors (Lipinski definition) is 3. The SMILES string of the molecule is CC1=C/C(=N/Nc2nc(Cl)c(Cl)cc2Cl)CC1.